The molecule has 1 aromatic rings. The van der Waals surface area contributed by atoms with Crippen molar-refractivity contribution in [3.8, 4) is 5.75 Å². The third-order valence-corrected chi connectivity index (χ3v) is 3.47. The molecular formula is C16H24O2. The monoisotopic (exact) mass is 248 g/mol. The third kappa shape index (κ3) is 2.69. The van der Waals surface area contributed by atoms with E-state index in [1.165, 1.54) is 16.7 Å². The summed E-state index contributed by atoms with van der Waals surface area (Å²) in [4.78, 5) is 0. The Labute approximate surface area is 110 Å². The van der Waals surface area contributed by atoms with Gasteiger partial charge in [0.15, 0.2) is 6.29 Å². The molecular weight excluding hydrogens is 224 g/mol. The standard InChI is InChI=1S/C16H24O2/c1-6-17-14-8-7-12-10-13(16(3,4)5)9-11(2)15(12)18-14/h9-10,14H,6-8H2,1-5H3. The van der Waals surface area contributed by atoms with Gasteiger partial charge in [-0.25, -0.2) is 0 Å². The van der Waals surface area contributed by atoms with Crippen LogP contribution in [-0.4, -0.2) is 12.9 Å². The lowest BCUT2D eigenvalue weighted by Crippen LogP contribution is -2.26. The normalized spacial score (nSPS) is 19.3. The summed E-state index contributed by atoms with van der Waals surface area (Å²) in [5.41, 5.74) is 4.13. The van der Waals surface area contributed by atoms with E-state index in [4.69, 9.17) is 9.47 Å². The molecule has 0 spiro atoms. The molecule has 1 atom stereocenters. The van der Waals surface area contributed by atoms with Crippen molar-refractivity contribution in [3.63, 3.8) is 0 Å². The largest absolute Gasteiger partial charge is 0.464 e. The van der Waals surface area contributed by atoms with Crippen LogP contribution in [0.2, 0.25) is 0 Å². The van der Waals surface area contributed by atoms with E-state index in [1.54, 1.807) is 0 Å². The van der Waals surface area contributed by atoms with Crippen molar-refractivity contribution < 1.29 is 9.47 Å². The minimum Gasteiger partial charge on any atom is -0.464 e. The summed E-state index contributed by atoms with van der Waals surface area (Å²) >= 11 is 0. The average Bonchev–Trinajstić information content (AvgIpc) is 2.29. The molecule has 0 aromatic heterocycles. The van der Waals surface area contributed by atoms with Gasteiger partial charge in [-0.3, -0.25) is 0 Å². The van der Waals surface area contributed by atoms with E-state index in [0.717, 1.165) is 18.6 Å². The summed E-state index contributed by atoms with van der Waals surface area (Å²) in [5.74, 6) is 1.03. The number of benzene rings is 1. The zero-order valence-corrected chi connectivity index (χ0v) is 12.2. The van der Waals surface area contributed by atoms with E-state index < -0.39 is 0 Å². The Morgan fingerprint density at radius 3 is 2.67 bits per heavy atom. The minimum absolute atomic E-state index is 0.0679. The van der Waals surface area contributed by atoms with Crippen LogP contribution < -0.4 is 4.74 Å². The minimum atomic E-state index is -0.0679. The Morgan fingerprint density at radius 1 is 1.33 bits per heavy atom. The fourth-order valence-corrected chi connectivity index (χ4v) is 2.40. The lowest BCUT2D eigenvalue weighted by atomic mass is 9.84. The summed E-state index contributed by atoms with van der Waals surface area (Å²) < 4.78 is 11.5. The zero-order valence-electron chi connectivity index (χ0n) is 12.2. The molecule has 2 nitrogen and oxygen atoms in total. The van der Waals surface area contributed by atoms with E-state index in [0.29, 0.717) is 6.61 Å². The van der Waals surface area contributed by atoms with Gasteiger partial charge in [-0.15, -0.1) is 0 Å². The predicted octanol–water partition coefficient (Wildman–Crippen LogP) is 3.98. The lowest BCUT2D eigenvalue weighted by molar-refractivity contribution is -0.0865. The molecule has 0 saturated carbocycles. The quantitative estimate of drug-likeness (QED) is 0.788. The Balaban J connectivity index is 2.32. The molecule has 1 heterocycles. The molecule has 1 aliphatic heterocycles. The molecule has 1 aromatic carbocycles. The second kappa shape index (κ2) is 4.93. The third-order valence-electron chi connectivity index (χ3n) is 3.47. The number of aryl methyl sites for hydroxylation is 2. The Bertz CT molecular complexity index is 429. The average molecular weight is 248 g/mol. The molecule has 1 unspecified atom stereocenters. The van der Waals surface area contributed by atoms with Gasteiger partial charge in [0.05, 0.1) is 0 Å². The maximum atomic E-state index is 5.95. The van der Waals surface area contributed by atoms with Gasteiger partial charge in [-0.2, -0.15) is 0 Å². The van der Waals surface area contributed by atoms with Crippen molar-refractivity contribution in [1.29, 1.82) is 0 Å². The molecule has 2 rings (SSSR count). The van der Waals surface area contributed by atoms with E-state index in [2.05, 4.69) is 39.8 Å². The molecule has 0 amide bonds. The predicted molar refractivity (Wildman–Crippen MR) is 74.2 cm³/mol. The van der Waals surface area contributed by atoms with Gasteiger partial charge in [-0.1, -0.05) is 32.9 Å². The zero-order chi connectivity index (χ0) is 13.3. The fraction of sp³-hybridized carbons (Fsp3) is 0.625. The van der Waals surface area contributed by atoms with Crippen LogP contribution in [0.25, 0.3) is 0 Å². The number of hydrogen-bond donors (Lipinski definition) is 0. The van der Waals surface area contributed by atoms with Crippen LogP contribution in [0.1, 0.15) is 50.8 Å². The van der Waals surface area contributed by atoms with Crippen molar-refractivity contribution in [2.75, 3.05) is 6.61 Å². The Kier molecular flexibility index (Phi) is 3.67. The molecule has 100 valence electrons. The first-order valence-corrected chi connectivity index (χ1v) is 6.84. The molecule has 1 aliphatic rings. The van der Waals surface area contributed by atoms with E-state index in [9.17, 15) is 0 Å². The molecule has 0 N–H and O–H groups in total. The molecule has 0 fully saturated rings. The second-order valence-corrected chi connectivity index (χ2v) is 6.07. The molecule has 0 bridgehead atoms. The van der Waals surface area contributed by atoms with Crippen LogP contribution in [-0.2, 0) is 16.6 Å². The number of hydrogen-bond acceptors (Lipinski definition) is 2. The molecule has 0 radical (unpaired) electrons. The summed E-state index contributed by atoms with van der Waals surface area (Å²) in [6.07, 6.45) is 1.93. The molecule has 0 aliphatic carbocycles. The van der Waals surface area contributed by atoms with Gasteiger partial charge in [-0.05, 0) is 42.4 Å². The van der Waals surface area contributed by atoms with E-state index in [1.807, 2.05) is 6.92 Å². The van der Waals surface area contributed by atoms with Crippen molar-refractivity contribution in [2.45, 2.75) is 59.2 Å². The van der Waals surface area contributed by atoms with Gasteiger partial charge in [0.2, 0.25) is 0 Å². The van der Waals surface area contributed by atoms with Crippen LogP contribution in [0.15, 0.2) is 12.1 Å². The Hall–Kier alpha value is -1.02. The molecule has 0 saturated heterocycles. The second-order valence-electron chi connectivity index (χ2n) is 6.07. The molecule has 2 heteroatoms. The Morgan fingerprint density at radius 2 is 2.06 bits per heavy atom. The lowest BCUT2D eigenvalue weighted by Gasteiger charge is -2.29. The van der Waals surface area contributed by atoms with Gasteiger partial charge < -0.3 is 9.47 Å². The number of fused-ring (bicyclic) bond motifs is 1. The van der Waals surface area contributed by atoms with Crippen LogP contribution in [0, 0.1) is 6.92 Å². The first-order valence-electron chi connectivity index (χ1n) is 6.84. The number of rotatable bonds is 2. The van der Waals surface area contributed by atoms with Crippen molar-refractivity contribution in [3.05, 3.63) is 28.8 Å². The van der Waals surface area contributed by atoms with Crippen molar-refractivity contribution in [1.82, 2.24) is 0 Å². The highest BCUT2D eigenvalue weighted by Gasteiger charge is 2.24. The maximum absolute atomic E-state index is 5.95. The number of ether oxygens (including phenoxy) is 2. The van der Waals surface area contributed by atoms with Gasteiger partial charge in [0, 0.05) is 13.0 Å². The highest BCUT2D eigenvalue weighted by atomic mass is 16.7. The van der Waals surface area contributed by atoms with Crippen LogP contribution in [0.3, 0.4) is 0 Å². The van der Waals surface area contributed by atoms with Gasteiger partial charge >= 0.3 is 0 Å². The topological polar surface area (TPSA) is 18.5 Å². The first-order chi connectivity index (χ1) is 8.41. The van der Waals surface area contributed by atoms with Crippen molar-refractivity contribution >= 4 is 0 Å². The smallest absolute Gasteiger partial charge is 0.200 e. The van der Waals surface area contributed by atoms with Gasteiger partial charge in [0.1, 0.15) is 5.75 Å². The summed E-state index contributed by atoms with van der Waals surface area (Å²) in [5, 5.41) is 0. The van der Waals surface area contributed by atoms with E-state index >= 15 is 0 Å². The van der Waals surface area contributed by atoms with Crippen LogP contribution in [0.5, 0.6) is 5.75 Å². The summed E-state index contributed by atoms with van der Waals surface area (Å²) in [6.45, 7) is 11.6. The summed E-state index contributed by atoms with van der Waals surface area (Å²) in [6, 6.07) is 4.54. The van der Waals surface area contributed by atoms with Crippen LogP contribution in [0.4, 0.5) is 0 Å². The van der Waals surface area contributed by atoms with Gasteiger partial charge in [0.25, 0.3) is 0 Å². The first kappa shape index (κ1) is 13.4. The maximum Gasteiger partial charge on any atom is 0.200 e. The molecule has 18 heavy (non-hydrogen) atoms. The fourth-order valence-electron chi connectivity index (χ4n) is 2.40. The summed E-state index contributed by atoms with van der Waals surface area (Å²) in [7, 11) is 0. The van der Waals surface area contributed by atoms with Crippen molar-refractivity contribution in [2.24, 2.45) is 0 Å². The highest BCUT2D eigenvalue weighted by molar-refractivity contribution is 5.47. The highest BCUT2D eigenvalue weighted by Crippen LogP contribution is 2.35. The SMILES string of the molecule is CCOC1CCc2cc(C(C)(C)C)cc(C)c2O1. The van der Waals surface area contributed by atoms with E-state index in [-0.39, 0.29) is 11.7 Å². The van der Waals surface area contributed by atoms with Crippen LogP contribution >= 0.6 is 0 Å².